The van der Waals surface area contributed by atoms with E-state index in [0.717, 1.165) is 0 Å². The van der Waals surface area contributed by atoms with Crippen LogP contribution in [0.15, 0.2) is 22.8 Å². The summed E-state index contributed by atoms with van der Waals surface area (Å²) >= 11 is 0. The number of urea groups is 1. The van der Waals surface area contributed by atoms with E-state index in [4.69, 9.17) is 4.42 Å². The number of nitrogens with zero attached hydrogens (tertiary/aromatic N) is 2. The summed E-state index contributed by atoms with van der Waals surface area (Å²) in [5.74, 6) is 0.254. The Morgan fingerprint density at radius 3 is 3.12 bits per heavy atom. The van der Waals surface area contributed by atoms with Crippen molar-refractivity contribution < 1.29 is 14.0 Å². The Morgan fingerprint density at radius 1 is 1.47 bits per heavy atom. The Balaban J connectivity index is 1.71. The van der Waals surface area contributed by atoms with Gasteiger partial charge in [0.15, 0.2) is 5.76 Å². The zero-order chi connectivity index (χ0) is 11.8. The molecule has 0 aliphatic carbocycles. The molecule has 1 unspecified atom stereocenters. The number of nitrogens with one attached hydrogen (secondary N) is 1. The maximum Gasteiger partial charge on any atom is 0.317 e. The Hall–Kier alpha value is -1.98. The number of furan rings is 1. The van der Waals surface area contributed by atoms with Gasteiger partial charge in [-0.3, -0.25) is 4.79 Å². The summed E-state index contributed by atoms with van der Waals surface area (Å²) in [6, 6.07) is 3.42. The van der Waals surface area contributed by atoms with Gasteiger partial charge < -0.3 is 19.5 Å². The van der Waals surface area contributed by atoms with Crippen molar-refractivity contribution in [2.75, 3.05) is 26.2 Å². The largest absolute Gasteiger partial charge is 0.459 e. The first-order valence-electron chi connectivity index (χ1n) is 5.63. The minimum absolute atomic E-state index is 0.0277. The van der Waals surface area contributed by atoms with Gasteiger partial charge in [-0.2, -0.15) is 0 Å². The first-order chi connectivity index (χ1) is 8.25. The average Bonchev–Trinajstić information content (AvgIpc) is 2.98. The van der Waals surface area contributed by atoms with E-state index in [1.165, 1.54) is 6.26 Å². The quantitative estimate of drug-likeness (QED) is 0.752. The van der Waals surface area contributed by atoms with E-state index in [1.807, 2.05) is 0 Å². The van der Waals surface area contributed by atoms with Crippen LogP contribution >= 0.6 is 0 Å². The van der Waals surface area contributed by atoms with Gasteiger partial charge in [0.05, 0.1) is 12.3 Å². The van der Waals surface area contributed by atoms with Gasteiger partial charge in [0.1, 0.15) is 0 Å². The molecular formula is C11H13N3O3. The molecule has 0 saturated carbocycles. The molecule has 3 heterocycles. The van der Waals surface area contributed by atoms with Gasteiger partial charge in [-0.25, -0.2) is 4.79 Å². The fraction of sp³-hybridized carbons (Fsp3) is 0.455. The number of amides is 3. The van der Waals surface area contributed by atoms with Crippen LogP contribution in [0.1, 0.15) is 10.6 Å². The molecule has 6 heteroatoms. The third kappa shape index (κ3) is 1.65. The van der Waals surface area contributed by atoms with Crippen LogP contribution in [0.4, 0.5) is 4.79 Å². The van der Waals surface area contributed by atoms with Crippen molar-refractivity contribution in [3.63, 3.8) is 0 Å². The van der Waals surface area contributed by atoms with Gasteiger partial charge in [0, 0.05) is 26.2 Å². The number of hydrogen-bond donors (Lipinski definition) is 1. The van der Waals surface area contributed by atoms with E-state index < -0.39 is 0 Å². The Kier molecular flexibility index (Phi) is 2.28. The minimum Gasteiger partial charge on any atom is -0.459 e. The molecule has 1 N–H and O–H groups in total. The summed E-state index contributed by atoms with van der Waals surface area (Å²) in [5, 5.41) is 2.78. The van der Waals surface area contributed by atoms with Gasteiger partial charge in [-0.05, 0) is 12.1 Å². The predicted octanol–water partition coefficient (Wildman–Crippen LogP) is 0.129. The molecule has 0 spiro atoms. The lowest BCUT2D eigenvalue weighted by molar-refractivity contribution is 0.0586. The smallest absolute Gasteiger partial charge is 0.317 e. The molecule has 90 valence electrons. The molecule has 0 bridgehead atoms. The summed E-state index contributed by atoms with van der Waals surface area (Å²) in [6.45, 7) is 2.32. The maximum absolute atomic E-state index is 12.0. The van der Waals surface area contributed by atoms with Crippen molar-refractivity contribution in [2.24, 2.45) is 0 Å². The van der Waals surface area contributed by atoms with Crippen LogP contribution in [0.3, 0.4) is 0 Å². The number of piperazine rings is 1. The molecule has 17 heavy (non-hydrogen) atoms. The SMILES string of the molecule is O=C(c1ccco1)N1CCN2C(=O)NCC2C1. The molecule has 2 fully saturated rings. The lowest BCUT2D eigenvalue weighted by atomic mass is 10.2. The zero-order valence-electron chi connectivity index (χ0n) is 9.26. The molecule has 0 radical (unpaired) electrons. The van der Waals surface area contributed by atoms with Gasteiger partial charge in [-0.15, -0.1) is 0 Å². The third-order valence-corrected chi connectivity index (χ3v) is 3.25. The highest BCUT2D eigenvalue weighted by Crippen LogP contribution is 2.16. The Morgan fingerprint density at radius 2 is 2.35 bits per heavy atom. The van der Waals surface area contributed by atoms with E-state index in [1.54, 1.807) is 21.9 Å². The molecule has 1 aromatic rings. The van der Waals surface area contributed by atoms with E-state index in [-0.39, 0.29) is 18.0 Å². The van der Waals surface area contributed by atoms with E-state index >= 15 is 0 Å². The van der Waals surface area contributed by atoms with Crippen LogP contribution in [0.5, 0.6) is 0 Å². The number of fused-ring (bicyclic) bond motifs is 1. The van der Waals surface area contributed by atoms with E-state index in [9.17, 15) is 9.59 Å². The molecule has 1 aromatic heterocycles. The van der Waals surface area contributed by atoms with Crippen molar-refractivity contribution in [1.29, 1.82) is 0 Å². The Labute approximate surface area is 98.2 Å². The van der Waals surface area contributed by atoms with Gasteiger partial charge in [-0.1, -0.05) is 0 Å². The lowest BCUT2D eigenvalue weighted by Crippen LogP contribution is -2.53. The van der Waals surface area contributed by atoms with Crippen molar-refractivity contribution in [1.82, 2.24) is 15.1 Å². The van der Waals surface area contributed by atoms with Crippen LogP contribution in [-0.2, 0) is 0 Å². The second-order valence-corrected chi connectivity index (χ2v) is 4.26. The average molecular weight is 235 g/mol. The molecule has 3 amide bonds. The van der Waals surface area contributed by atoms with Gasteiger partial charge in [0.2, 0.25) is 0 Å². The van der Waals surface area contributed by atoms with Gasteiger partial charge in [0.25, 0.3) is 5.91 Å². The van der Waals surface area contributed by atoms with Gasteiger partial charge >= 0.3 is 6.03 Å². The van der Waals surface area contributed by atoms with Crippen molar-refractivity contribution in [3.8, 4) is 0 Å². The molecular weight excluding hydrogens is 222 g/mol. The fourth-order valence-corrected chi connectivity index (χ4v) is 2.34. The molecule has 1 atom stereocenters. The number of carbonyl (C=O) groups is 2. The van der Waals surface area contributed by atoms with Crippen molar-refractivity contribution in [3.05, 3.63) is 24.2 Å². The van der Waals surface area contributed by atoms with Crippen LogP contribution in [-0.4, -0.2) is 54.0 Å². The summed E-state index contributed by atoms with van der Waals surface area (Å²) in [4.78, 5) is 27.0. The first kappa shape index (κ1) is 10.2. The number of rotatable bonds is 1. The topological polar surface area (TPSA) is 65.8 Å². The van der Waals surface area contributed by atoms with Crippen LogP contribution < -0.4 is 5.32 Å². The summed E-state index contributed by atoms with van der Waals surface area (Å²) in [7, 11) is 0. The zero-order valence-corrected chi connectivity index (χ0v) is 9.26. The monoisotopic (exact) mass is 235 g/mol. The number of carbonyl (C=O) groups excluding carboxylic acids is 2. The summed E-state index contributed by atoms with van der Waals surface area (Å²) in [5.41, 5.74) is 0. The van der Waals surface area contributed by atoms with Crippen molar-refractivity contribution in [2.45, 2.75) is 6.04 Å². The molecule has 2 saturated heterocycles. The molecule has 3 rings (SSSR count). The highest BCUT2D eigenvalue weighted by atomic mass is 16.3. The lowest BCUT2D eigenvalue weighted by Gasteiger charge is -2.35. The normalized spacial score (nSPS) is 23.5. The van der Waals surface area contributed by atoms with Crippen molar-refractivity contribution >= 4 is 11.9 Å². The Bertz CT molecular complexity index is 443. The predicted molar refractivity (Wildman–Crippen MR) is 58.5 cm³/mol. The fourth-order valence-electron chi connectivity index (χ4n) is 2.34. The third-order valence-electron chi connectivity index (χ3n) is 3.25. The second-order valence-electron chi connectivity index (χ2n) is 4.26. The van der Waals surface area contributed by atoms with E-state index in [0.29, 0.717) is 31.9 Å². The van der Waals surface area contributed by atoms with Crippen LogP contribution in [0.25, 0.3) is 0 Å². The first-order valence-corrected chi connectivity index (χ1v) is 5.63. The molecule has 2 aliphatic rings. The van der Waals surface area contributed by atoms with E-state index in [2.05, 4.69) is 5.32 Å². The highest BCUT2D eigenvalue weighted by molar-refractivity contribution is 5.91. The summed E-state index contributed by atoms with van der Waals surface area (Å²) in [6.07, 6.45) is 1.49. The van der Waals surface area contributed by atoms with Crippen LogP contribution in [0, 0.1) is 0 Å². The maximum atomic E-state index is 12.0. The second kappa shape index (κ2) is 3.80. The summed E-state index contributed by atoms with van der Waals surface area (Å²) < 4.78 is 5.09. The minimum atomic E-state index is -0.103. The van der Waals surface area contributed by atoms with Crippen LogP contribution in [0.2, 0.25) is 0 Å². The molecule has 6 nitrogen and oxygen atoms in total. The standard InChI is InChI=1S/C11H13N3O3/c15-10(9-2-1-5-17-9)13-3-4-14-8(7-13)6-12-11(14)16/h1-2,5,8H,3-4,6-7H2,(H,12,16). The highest BCUT2D eigenvalue weighted by Gasteiger charge is 2.37. The number of hydrogen-bond acceptors (Lipinski definition) is 3. The molecule has 2 aliphatic heterocycles. The molecule has 0 aromatic carbocycles.